The van der Waals surface area contributed by atoms with Crippen molar-refractivity contribution >= 4 is 29.1 Å². The van der Waals surface area contributed by atoms with Crippen LogP contribution in [0.5, 0.6) is 5.75 Å². The molecule has 7 nitrogen and oxygen atoms in total. The molecule has 1 aliphatic rings. The van der Waals surface area contributed by atoms with Crippen LogP contribution in [0.3, 0.4) is 0 Å². The lowest BCUT2D eigenvalue weighted by Crippen LogP contribution is -2.19. The van der Waals surface area contributed by atoms with Crippen LogP contribution in [0.25, 0.3) is 11.3 Å². The van der Waals surface area contributed by atoms with Crippen LogP contribution in [-0.4, -0.2) is 32.2 Å². The van der Waals surface area contributed by atoms with Crippen molar-refractivity contribution in [3.05, 3.63) is 71.3 Å². The second kappa shape index (κ2) is 6.97. The number of thioether (sulfide) groups is 1. The van der Waals surface area contributed by atoms with Crippen LogP contribution in [0, 0.1) is 6.92 Å². The van der Waals surface area contributed by atoms with Gasteiger partial charge in [-0.2, -0.15) is 16.9 Å². The highest BCUT2D eigenvalue weighted by molar-refractivity contribution is 7.98. The number of carbonyl (C=O) groups is 1. The smallest absolute Gasteiger partial charge is 0.275 e. The lowest BCUT2D eigenvalue weighted by atomic mass is 10.2. The van der Waals surface area contributed by atoms with Crippen LogP contribution in [0.2, 0.25) is 0 Å². The van der Waals surface area contributed by atoms with Crippen LogP contribution >= 0.6 is 11.8 Å². The van der Waals surface area contributed by atoms with E-state index in [9.17, 15) is 4.79 Å². The lowest BCUT2D eigenvalue weighted by Gasteiger charge is -2.12. The largest absolute Gasteiger partial charge is 0.497 e. The van der Waals surface area contributed by atoms with E-state index in [2.05, 4.69) is 10.3 Å². The number of pyridine rings is 1. The predicted molar refractivity (Wildman–Crippen MR) is 113 cm³/mol. The van der Waals surface area contributed by atoms with E-state index < -0.39 is 0 Å². The molecule has 0 fully saturated rings. The monoisotopic (exact) mass is 405 g/mol. The van der Waals surface area contributed by atoms with Crippen molar-refractivity contribution in [2.45, 2.75) is 18.4 Å². The number of aromatic nitrogens is 4. The van der Waals surface area contributed by atoms with E-state index in [0.29, 0.717) is 17.2 Å². The Kier molecular flexibility index (Phi) is 4.28. The second-order valence-corrected chi connectivity index (χ2v) is 7.79. The van der Waals surface area contributed by atoms with Gasteiger partial charge in [0.25, 0.3) is 5.91 Å². The molecule has 1 amide bonds. The lowest BCUT2D eigenvalue weighted by molar-refractivity contribution is 0.102. The number of rotatable bonds is 4. The summed E-state index contributed by atoms with van der Waals surface area (Å²) in [6.07, 6.45) is 1.85. The minimum atomic E-state index is -0.199. The van der Waals surface area contributed by atoms with Crippen LogP contribution in [0.4, 0.5) is 5.82 Å². The molecule has 4 aromatic rings. The molecule has 0 unspecified atom stereocenters. The third-order valence-electron chi connectivity index (χ3n) is 5.02. The molecule has 0 atom stereocenters. The zero-order valence-electron chi connectivity index (χ0n) is 16.0. The summed E-state index contributed by atoms with van der Waals surface area (Å²) in [7, 11) is 1.64. The van der Waals surface area contributed by atoms with Crippen molar-refractivity contribution in [1.82, 2.24) is 19.2 Å². The summed E-state index contributed by atoms with van der Waals surface area (Å²) in [5.41, 5.74) is 4.93. The van der Waals surface area contributed by atoms with E-state index >= 15 is 0 Å². The Bertz CT molecular complexity index is 1230. The van der Waals surface area contributed by atoms with Gasteiger partial charge in [-0.3, -0.25) is 9.20 Å². The average Bonchev–Trinajstić information content (AvgIpc) is 3.41. The number of nitrogens with one attached hydrogen (secondary N) is 1. The molecule has 8 heteroatoms. The Morgan fingerprint density at radius 2 is 2.00 bits per heavy atom. The fourth-order valence-corrected chi connectivity index (χ4v) is 4.64. The minimum Gasteiger partial charge on any atom is -0.497 e. The standard InChI is InChI=1S/C21H19N5O2S/c1-13-19(25-10-4-3-5-18(25)22-13)21(27)23-20-16-11-29-12-17(16)24-26(20)14-6-8-15(28-2)9-7-14/h3-10H,11-12H2,1-2H3,(H,23,27). The Morgan fingerprint density at radius 1 is 1.17 bits per heavy atom. The van der Waals surface area contributed by atoms with Crippen LogP contribution < -0.4 is 10.1 Å². The van der Waals surface area contributed by atoms with E-state index in [4.69, 9.17) is 9.84 Å². The van der Waals surface area contributed by atoms with Gasteiger partial charge in [0.15, 0.2) is 0 Å². The number of carbonyl (C=O) groups excluding carboxylic acids is 1. The molecule has 0 bridgehead atoms. The summed E-state index contributed by atoms with van der Waals surface area (Å²) in [5.74, 6) is 2.96. The van der Waals surface area contributed by atoms with Gasteiger partial charge in [-0.1, -0.05) is 6.07 Å². The van der Waals surface area contributed by atoms with Gasteiger partial charge in [-0.05, 0) is 43.3 Å². The van der Waals surface area contributed by atoms with Crippen LogP contribution in [-0.2, 0) is 11.5 Å². The van der Waals surface area contributed by atoms with Crippen molar-refractivity contribution in [1.29, 1.82) is 0 Å². The van der Waals surface area contributed by atoms with Gasteiger partial charge >= 0.3 is 0 Å². The number of methoxy groups -OCH3 is 1. The van der Waals surface area contributed by atoms with Crippen molar-refractivity contribution < 1.29 is 9.53 Å². The fourth-order valence-electron chi connectivity index (χ4n) is 3.61. The number of hydrogen-bond donors (Lipinski definition) is 1. The quantitative estimate of drug-likeness (QED) is 0.559. The SMILES string of the molecule is COc1ccc(-n2nc3c(c2NC(=O)c2c(C)nc4ccccn24)CSC3)cc1. The number of nitrogens with zero attached hydrogens (tertiary/aromatic N) is 4. The van der Waals surface area contributed by atoms with E-state index in [1.807, 2.05) is 60.0 Å². The molecule has 3 aromatic heterocycles. The number of hydrogen-bond acceptors (Lipinski definition) is 5. The molecule has 29 heavy (non-hydrogen) atoms. The maximum Gasteiger partial charge on any atom is 0.275 e. The Hall–Kier alpha value is -3.26. The molecule has 1 N–H and O–H groups in total. The second-order valence-electron chi connectivity index (χ2n) is 6.81. The van der Waals surface area contributed by atoms with Crippen LogP contribution in [0.15, 0.2) is 48.7 Å². The minimum absolute atomic E-state index is 0.199. The van der Waals surface area contributed by atoms with Crippen LogP contribution in [0.1, 0.15) is 27.4 Å². The number of aryl methyl sites for hydroxylation is 1. The fraction of sp³-hybridized carbons (Fsp3) is 0.190. The maximum atomic E-state index is 13.3. The maximum absolute atomic E-state index is 13.3. The normalized spacial score (nSPS) is 12.9. The highest BCUT2D eigenvalue weighted by atomic mass is 32.2. The van der Waals surface area contributed by atoms with E-state index in [-0.39, 0.29) is 5.91 Å². The number of anilines is 1. The van der Waals surface area contributed by atoms with Crippen molar-refractivity contribution in [3.8, 4) is 11.4 Å². The molecular formula is C21H19N5O2S. The number of ether oxygens (including phenoxy) is 1. The zero-order valence-corrected chi connectivity index (χ0v) is 16.9. The third-order valence-corrected chi connectivity index (χ3v) is 5.99. The number of amides is 1. The molecule has 4 heterocycles. The first-order valence-corrected chi connectivity index (χ1v) is 10.4. The van der Waals surface area contributed by atoms with Crippen molar-refractivity contribution in [3.63, 3.8) is 0 Å². The predicted octanol–water partition coefficient (Wildman–Crippen LogP) is 3.84. The molecule has 1 aromatic carbocycles. The van der Waals surface area contributed by atoms with Gasteiger partial charge in [0.05, 0.1) is 24.2 Å². The average molecular weight is 405 g/mol. The number of benzene rings is 1. The van der Waals surface area contributed by atoms with Gasteiger partial charge in [0.2, 0.25) is 0 Å². The van der Waals surface area contributed by atoms with Gasteiger partial charge in [0, 0.05) is 23.3 Å². The number of imidazole rings is 1. The van der Waals surface area contributed by atoms with E-state index in [0.717, 1.165) is 39.8 Å². The van der Waals surface area contributed by atoms with Crippen molar-refractivity contribution in [2.24, 2.45) is 0 Å². The molecule has 0 spiro atoms. The summed E-state index contributed by atoms with van der Waals surface area (Å²) in [6, 6.07) is 13.3. The summed E-state index contributed by atoms with van der Waals surface area (Å²) >= 11 is 1.80. The summed E-state index contributed by atoms with van der Waals surface area (Å²) < 4.78 is 8.87. The molecular weight excluding hydrogens is 386 g/mol. The Morgan fingerprint density at radius 3 is 2.79 bits per heavy atom. The van der Waals surface area contributed by atoms with E-state index in [1.54, 1.807) is 23.6 Å². The molecule has 1 aliphatic heterocycles. The summed E-state index contributed by atoms with van der Waals surface area (Å²) in [4.78, 5) is 17.7. The van der Waals surface area contributed by atoms with E-state index in [1.165, 1.54) is 0 Å². The van der Waals surface area contributed by atoms with Crippen molar-refractivity contribution in [2.75, 3.05) is 12.4 Å². The van der Waals surface area contributed by atoms with Gasteiger partial charge < -0.3 is 10.1 Å². The third kappa shape index (κ3) is 2.96. The summed E-state index contributed by atoms with van der Waals surface area (Å²) in [5, 5.41) is 7.86. The highest BCUT2D eigenvalue weighted by Gasteiger charge is 2.26. The number of fused-ring (bicyclic) bond motifs is 2. The van der Waals surface area contributed by atoms with Gasteiger partial charge in [-0.25, -0.2) is 9.67 Å². The molecule has 0 aliphatic carbocycles. The molecule has 0 saturated carbocycles. The Balaban J connectivity index is 1.57. The summed E-state index contributed by atoms with van der Waals surface area (Å²) in [6.45, 7) is 1.85. The molecule has 5 rings (SSSR count). The first-order valence-electron chi connectivity index (χ1n) is 9.23. The molecule has 146 valence electrons. The first kappa shape index (κ1) is 17.8. The van der Waals surface area contributed by atoms with Gasteiger partial charge in [0.1, 0.15) is 22.9 Å². The first-order chi connectivity index (χ1) is 14.2. The zero-order chi connectivity index (χ0) is 20.0. The van der Waals surface area contributed by atoms with Gasteiger partial charge in [-0.15, -0.1) is 0 Å². The highest BCUT2D eigenvalue weighted by Crippen LogP contribution is 2.36. The molecule has 0 saturated heterocycles. The Labute approximate surface area is 171 Å². The topological polar surface area (TPSA) is 73.4 Å². The molecule has 0 radical (unpaired) electrons.